The minimum atomic E-state index is -0.639. The van der Waals surface area contributed by atoms with Gasteiger partial charge in [-0.15, -0.1) is 0 Å². The quantitative estimate of drug-likeness (QED) is 0.601. The van der Waals surface area contributed by atoms with E-state index in [0.717, 1.165) is 12.8 Å². The molecule has 3 nitrogen and oxygen atoms in total. The molecule has 1 saturated heterocycles. The van der Waals surface area contributed by atoms with Gasteiger partial charge in [0.1, 0.15) is 6.04 Å². The number of carboxylic acid groups (broad SMARTS) is 1. The minimum absolute atomic E-state index is 0.186. The monoisotopic (exact) mass is 155 g/mol. The van der Waals surface area contributed by atoms with E-state index in [1.807, 2.05) is 11.9 Å². The molecule has 1 heterocycles. The molecule has 1 aliphatic heterocycles. The molecule has 2 unspecified atom stereocenters. The van der Waals surface area contributed by atoms with Gasteiger partial charge in [-0.3, -0.25) is 9.69 Å². The van der Waals surface area contributed by atoms with Crippen LogP contribution in [0.5, 0.6) is 0 Å². The Balaban J connectivity index is 2.17. The van der Waals surface area contributed by atoms with Crippen molar-refractivity contribution >= 4 is 5.97 Å². The lowest BCUT2D eigenvalue weighted by Gasteiger charge is -2.28. The molecule has 0 amide bonds. The molecule has 2 aliphatic rings. The smallest absolute Gasteiger partial charge is 0.321 e. The van der Waals surface area contributed by atoms with Crippen molar-refractivity contribution in [2.75, 3.05) is 7.05 Å². The molecule has 1 N–H and O–H groups in total. The topological polar surface area (TPSA) is 40.5 Å². The first-order valence-corrected chi connectivity index (χ1v) is 4.15. The zero-order valence-electron chi connectivity index (χ0n) is 6.66. The zero-order valence-corrected chi connectivity index (χ0v) is 6.66. The molecule has 0 aromatic carbocycles. The second-order valence-electron chi connectivity index (χ2n) is 3.68. The van der Waals surface area contributed by atoms with E-state index in [-0.39, 0.29) is 6.04 Å². The van der Waals surface area contributed by atoms with Gasteiger partial charge in [0, 0.05) is 6.04 Å². The molecule has 2 fully saturated rings. The first kappa shape index (κ1) is 7.10. The Morgan fingerprint density at radius 2 is 2.27 bits per heavy atom. The van der Waals surface area contributed by atoms with Crippen LogP contribution >= 0.6 is 0 Å². The van der Waals surface area contributed by atoms with Crippen molar-refractivity contribution in [2.24, 2.45) is 5.92 Å². The molecule has 0 radical (unpaired) electrons. The van der Waals surface area contributed by atoms with Gasteiger partial charge >= 0.3 is 5.97 Å². The summed E-state index contributed by atoms with van der Waals surface area (Å²) in [7, 11) is 1.93. The van der Waals surface area contributed by atoms with Crippen LogP contribution in [0.4, 0.5) is 0 Å². The Labute approximate surface area is 66.0 Å². The second kappa shape index (κ2) is 2.21. The number of likely N-dealkylation sites (N-methyl/N-ethyl adjacent to an activating group) is 1. The van der Waals surface area contributed by atoms with Crippen LogP contribution in [0, 0.1) is 5.92 Å². The molecule has 0 spiro atoms. The first-order valence-electron chi connectivity index (χ1n) is 4.15. The van der Waals surface area contributed by atoms with Crippen LogP contribution in [-0.4, -0.2) is 35.1 Å². The number of aliphatic carboxylic acids is 1. The van der Waals surface area contributed by atoms with Gasteiger partial charge in [-0.1, -0.05) is 0 Å². The highest BCUT2D eigenvalue weighted by atomic mass is 16.4. The highest BCUT2D eigenvalue weighted by Gasteiger charge is 2.47. The van der Waals surface area contributed by atoms with Crippen LogP contribution in [0.25, 0.3) is 0 Å². The van der Waals surface area contributed by atoms with Crippen molar-refractivity contribution in [3.05, 3.63) is 0 Å². The first-order chi connectivity index (χ1) is 5.20. The summed E-state index contributed by atoms with van der Waals surface area (Å²) < 4.78 is 0. The molecule has 2 bridgehead atoms. The largest absolute Gasteiger partial charge is 0.480 e. The van der Waals surface area contributed by atoms with Crippen molar-refractivity contribution in [1.29, 1.82) is 0 Å². The predicted octanol–water partition coefficient (Wildman–Crippen LogP) is 0.554. The zero-order chi connectivity index (χ0) is 8.01. The van der Waals surface area contributed by atoms with Gasteiger partial charge in [0.15, 0.2) is 0 Å². The predicted molar refractivity (Wildman–Crippen MR) is 40.3 cm³/mol. The Morgan fingerprint density at radius 1 is 1.55 bits per heavy atom. The van der Waals surface area contributed by atoms with Gasteiger partial charge in [0.2, 0.25) is 0 Å². The number of hydrogen-bond acceptors (Lipinski definition) is 2. The van der Waals surface area contributed by atoms with Crippen LogP contribution in [0.1, 0.15) is 19.3 Å². The maximum Gasteiger partial charge on any atom is 0.321 e. The summed E-state index contributed by atoms with van der Waals surface area (Å²) in [6, 6.07) is 0.370. The molecular formula is C8H13NO2. The van der Waals surface area contributed by atoms with Crippen LogP contribution < -0.4 is 0 Å². The van der Waals surface area contributed by atoms with Gasteiger partial charge in [-0.25, -0.2) is 0 Å². The lowest BCUT2D eigenvalue weighted by molar-refractivity contribution is -0.144. The fraction of sp³-hybridized carbons (Fsp3) is 0.875. The van der Waals surface area contributed by atoms with Crippen molar-refractivity contribution in [3.8, 4) is 0 Å². The number of hydrogen-bond donors (Lipinski definition) is 1. The lowest BCUT2D eigenvalue weighted by atomic mass is 9.99. The highest BCUT2D eigenvalue weighted by Crippen LogP contribution is 2.41. The Bertz CT molecular complexity index is 191. The Morgan fingerprint density at radius 3 is 2.64 bits per heavy atom. The standard InChI is InChI=1S/C8H13NO2/c1-9-6-3-2-5(4-6)7(9)8(10)11/h5-7H,2-4H2,1H3,(H,10,11)/t5?,6?,7-/m0/s1. The number of likely N-dealkylation sites (tertiary alicyclic amines) is 1. The summed E-state index contributed by atoms with van der Waals surface area (Å²) in [6.07, 6.45) is 3.42. The summed E-state index contributed by atoms with van der Waals surface area (Å²) in [4.78, 5) is 12.8. The number of nitrogens with zero attached hydrogens (tertiary/aromatic N) is 1. The Hall–Kier alpha value is -0.570. The van der Waals surface area contributed by atoms with E-state index >= 15 is 0 Å². The molecule has 62 valence electrons. The summed E-state index contributed by atoms with van der Waals surface area (Å²) in [6.45, 7) is 0. The third-order valence-corrected chi connectivity index (χ3v) is 3.16. The number of rotatable bonds is 1. The number of fused-ring (bicyclic) bond motifs is 2. The molecule has 2 rings (SSSR count). The number of piperidine rings is 1. The van der Waals surface area contributed by atoms with Crippen LogP contribution in [-0.2, 0) is 4.79 Å². The van der Waals surface area contributed by atoms with Gasteiger partial charge in [-0.05, 0) is 32.2 Å². The minimum Gasteiger partial charge on any atom is -0.480 e. The Kier molecular flexibility index (Phi) is 1.42. The van der Waals surface area contributed by atoms with E-state index in [0.29, 0.717) is 12.0 Å². The fourth-order valence-electron chi connectivity index (χ4n) is 2.58. The maximum absolute atomic E-state index is 10.8. The van der Waals surface area contributed by atoms with E-state index in [1.54, 1.807) is 0 Å². The van der Waals surface area contributed by atoms with Crippen molar-refractivity contribution in [3.63, 3.8) is 0 Å². The van der Waals surface area contributed by atoms with E-state index in [2.05, 4.69) is 0 Å². The van der Waals surface area contributed by atoms with Gasteiger partial charge in [-0.2, -0.15) is 0 Å². The molecular weight excluding hydrogens is 142 g/mol. The summed E-state index contributed by atoms with van der Waals surface area (Å²) in [5, 5.41) is 8.86. The average Bonchev–Trinajstić information content (AvgIpc) is 2.44. The van der Waals surface area contributed by atoms with E-state index in [9.17, 15) is 4.79 Å². The molecule has 1 aliphatic carbocycles. The molecule has 3 heteroatoms. The lowest BCUT2D eigenvalue weighted by Crippen LogP contribution is -2.42. The third kappa shape index (κ3) is 0.872. The molecule has 0 aromatic rings. The average molecular weight is 155 g/mol. The summed E-state index contributed by atoms with van der Waals surface area (Å²) in [5.74, 6) is -0.206. The van der Waals surface area contributed by atoms with Crippen molar-refractivity contribution < 1.29 is 9.90 Å². The molecule has 11 heavy (non-hydrogen) atoms. The van der Waals surface area contributed by atoms with E-state index in [1.165, 1.54) is 6.42 Å². The number of carbonyl (C=O) groups is 1. The summed E-state index contributed by atoms with van der Waals surface area (Å²) in [5.41, 5.74) is 0. The van der Waals surface area contributed by atoms with Crippen molar-refractivity contribution in [1.82, 2.24) is 4.90 Å². The second-order valence-corrected chi connectivity index (χ2v) is 3.68. The molecule has 3 atom stereocenters. The maximum atomic E-state index is 10.8. The van der Waals surface area contributed by atoms with Crippen LogP contribution in [0.3, 0.4) is 0 Å². The SMILES string of the molecule is CN1C2CCC(C2)[C@H]1C(=O)O. The van der Waals surface area contributed by atoms with Gasteiger partial charge < -0.3 is 5.11 Å². The van der Waals surface area contributed by atoms with Gasteiger partial charge in [0.05, 0.1) is 0 Å². The van der Waals surface area contributed by atoms with Crippen LogP contribution in [0.15, 0.2) is 0 Å². The number of carboxylic acids is 1. The molecule has 1 saturated carbocycles. The van der Waals surface area contributed by atoms with E-state index < -0.39 is 5.97 Å². The third-order valence-electron chi connectivity index (χ3n) is 3.16. The van der Waals surface area contributed by atoms with E-state index in [4.69, 9.17) is 5.11 Å². The van der Waals surface area contributed by atoms with Crippen LogP contribution in [0.2, 0.25) is 0 Å². The van der Waals surface area contributed by atoms with Crippen molar-refractivity contribution in [2.45, 2.75) is 31.3 Å². The highest BCUT2D eigenvalue weighted by molar-refractivity contribution is 5.74. The van der Waals surface area contributed by atoms with Gasteiger partial charge in [0.25, 0.3) is 0 Å². The fourth-order valence-corrected chi connectivity index (χ4v) is 2.58. The normalized spacial score (nSPS) is 43.2. The summed E-state index contributed by atoms with van der Waals surface area (Å²) >= 11 is 0. The molecule has 0 aromatic heterocycles.